The van der Waals surface area contributed by atoms with Gasteiger partial charge in [-0.15, -0.1) is 0 Å². The van der Waals surface area contributed by atoms with Crippen molar-refractivity contribution in [3.63, 3.8) is 0 Å². The van der Waals surface area contributed by atoms with Crippen LogP contribution in [0.1, 0.15) is 37.6 Å². The molecule has 0 saturated heterocycles. The summed E-state index contributed by atoms with van der Waals surface area (Å²) in [6, 6.07) is 6.01. The number of ether oxygens (including phenoxy) is 1. The number of carbonyl (C=O) groups is 2. The molecule has 1 unspecified atom stereocenters. The van der Waals surface area contributed by atoms with Crippen LogP contribution in [0.4, 0.5) is 5.69 Å². The molecule has 1 amide bonds. The van der Waals surface area contributed by atoms with Crippen molar-refractivity contribution < 1.29 is 14.3 Å². The molecule has 0 aromatic heterocycles. The number of carbonyl (C=O) groups excluding carboxylic acids is 2. The van der Waals surface area contributed by atoms with Gasteiger partial charge in [-0.1, -0.05) is 20.3 Å². The Morgan fingerprint density at radius 3 is 2.35 bits per heavy atom. The number of amides is 1. The van der Waals surface area contributed by atoms with Crippen molar-refractivity contribution in [3.05, 3.63) is 29.8 Å². The van der Waals surface area contributed by atoms with E-state index in [9.17, 15) is 9.59 Å². The Balaban J connectivity index is 2.66. The molecule has 20 heavy (non-hydrogen) atoms. The maximum absolute atomic E-state index is 11.9. The minimum Gasteiger partial charge on any atom is -0.462 e. The third-order valence-electron chi connectivity index (χ3n) is 3.22. The Bertz CT molecular complexity index is 457. The topological polar surface area (TPSA) is 81.4 Å². The van der Waals surface area contributed by atoms with Gasteiger partial charge < -0.3 is 15.8 Å². The van der Waals surface area contributed by atoms with E-state index in [-0.39, 0.29) is 17.8 Å². The van der Waals surface area contributed by atoms with Gasteiger partial charge >= 0.3 is 5.97 Å². The summed E-state index contributed by atoms with van der Waals surface area (Å²) in [6.07, 6.45) is 0.844. The fourth-order valence-electron chi connectivity index (χ4n) is 1.64. The molecule has 110 valence electrons. The lowest BCUT2D eigenvalue weighted by molar-refractivity contribution is -0.118. The number of nitrogens with two attached hydrogens (primary N) is 1. The Morgan fingerprint density at radius 2 is 1.85 bits per heavy atom. The van der Waals surface area contributed by atoms with Crippen molar-refractivity contribution in [1.82, 2.24) is 0 Å². The first-order valence-corrected chi connectivity index (χ1v) is 6.83. The van der Waals surface area contributed by atoms with Crippen LogP contribution < -0.4 is 11.1 Å². The molecule has 1 aromatic rings. The molecule has 0 heterocycles. The van der Waals surface area contributed by atoms with Crippen molar-refractivity contribution in [3.8, 4) is 0 Å². The molecule has 0 radical (unpaired) electrons. The van der Waals surface area contributed by atoms with Crippen molar-refractivity contribution >= 4 is 17.6 Å². The summed E-state index contributed by atoms with van der Waals surface area (Å²) in [5, 5.41) is 2.74. The van der Waals surface area contributed by atoms with Gasteiger partial charge in [0.25, 0.3) is 0 Å². The van der Waals surface area contributed by atoms with Crippen LogP contribution in [0, 0.1) is 5.92 Å². The number of esters is 1. The van der Waals surface area contributed by atoms with Gasteiger partial charge in [-0.05, 0) is 37.1 Å². The zero-order valence-electron chi connectivity index (χ0n) is 12.2. The Hall–Kier alpha value is -1.88. The first-order chi connectivity index (χ1) is 9.49. The Kier molecular flexibility index (Phi) is 6.18. The summed E-state index contributed by atoms with van der Waals surface area (Å²) in [6.45, 7) is 6.02. The number of nitrogens with one attached hydrogen (secondary N) is 1. The van der Waals surface area contributed by atoms with E-state index in [4.69, 9.17) is 10.5 Å². The highest BCUT2D eigenvalue weighted by Gasteiger charge is 2.19. The molecule has 0 aliphatic rings. The van der Waals surface area contributed by atoms with Gasteiger partial charge in [0.2, 0.25) is 5.91 Å². The van der Waals surface area contributed by atoms with E-state index in [1.54, 1.807) is 31.2 Å². The average Bonchev–Trinajstić information content (AvgIpc) is 2.46. The van der Waals surface area contributed by atoms with Crippen LogP contribution in [0.2, 0.25) is 0 Å². The van der Waals surface area contributed by atoms with E-state index in [0.717, 1.165) is 6.42 Å². The highest BCUT2D eigenvalue weighted by atomic mass is 16.5. The van der Waals surface area contributed by atoms with Crippen LogP contribution in [0.25, 0.3) is 0 Å². The fraction of sp³-hybridized carbons (Fsp3) is 0.467. The number of rotatable bonds is 6. The zero-order chi connectivity index (χ0) is 15.1. The highest BCUT2D eigenvalue weighted by Crippen LogP contribution is 2.13. The fourth-order valence-corrected chi connectivity index (χ4v) is 1.64. The molecule has 5 heteroatoms. The van der Waals surface area contributed by atoms with E-state index in [1.807, 2.05) is 13.8 Å². The van der Waals surface area contributed by atoms with E-state index < -0.39 is 6.04 Å². The Labute approximate surface area is 119 Å². The quantitative estimate of drug-likeness (QED) is 0.781. The SMILES string of the molecule is CCOC(=O)c1ccc(NC(=O)[C@@H](N)C(C)CC)cc1. The summed E-state index contributed by atoms with van der Waals surface area (Å²) in [5.74, 6) is -0.473. The van der Waals surface area contributed by atoms with Gasteiger partial charge in [0.1, 0.15) is 0 Å². The summed E-state index contributed by atoms with van der Waals surface area (Å²) >= 11 is 0. The molecule has 0 aliphatic heterocycles. The van der Waals surface area contributed by atoms with Crippen molar-refractivity contribution in [1.29, 1.82) is 0 Å². The van der Waals surface area contributed by atoms with Crippen LogP contribution in [-0.2, 0) is 9.53 Å². The number of benzene rings is 1. The monoisotopic (exact) mass is 278 g/mol. The minimum absolute atomic E-state index is 0.119. The predicted octanol–water partition coefficient (Wildman–Crippen LogP) is 2.18. The first-order valence-electron chi connectivity index (χ1n) is 6.83. The standard InChI is InChI=1S/C15H22N2O3/c1-4-10(3)13(16)14(18)17-12-8-6-11(7-9-12)15(19)20-5-2/h6-10,13H,4-5,16H2,1-3H3,(H,17,18)/t10?,13-/m0/s1. The molecule has 0 spiro atoms. The number of anilines is 1. The van der Waals surface area contributed by atoms with Crippen molar-refractivity contribution in [2.45, 2.75) is 33.2 Å². The summed E-state index contributed by atoms with van der Waals surface area (Å²) in [4.78, 5) is 23.4. The maximum Gasteiger partial charge on any atom is 0.338 e. The Morgan fingerprint density at radius 1 is 1.25 bits per heavy atom. The molecule has 0 aliphatic carbocycles. The first kappa shape index (κ1) is 16.2. The van der Waals surface area contributed by atoms with Crippen LogP contribution in [0.3, 0.4) is 0 Å². The van der Waals surface area contributed by atoms with E-state index in [0.29, 0.717) is 17.9 Å². The molecule has 1 rings (SSSR count). The van der Waals surface area contributed by atoms with Gasteiger partial charge in [0.15, 0.2) is 0 Å². The molecule has 0 fully saturated rings. The molecular weight excluding hydrogens is 256 g/mol. The molecule has 2 atom stereocenters. The summed E-state index contributed by atoms with van der Waals surface area (Å²) in [7, 11) is 0. The predicted molar refractivity (Wildman–Crippen MR) is 78.5 cm³/mol. The smallest absolute Gasteiger partial charge is 0.338 e. The second-order valence-electron chi connectivity index (χ2n) is 4.70. The summed E-state index contributed by atoms with van der Waals surface area (Å²) < 4.78 is 4.89. The lowest BCUT2D eigenvalue weighted by Gasteiger charge is -2.17. The second-order valence-corrected chi connectivity index (χ2v) is 4.70. The molecule has 0 bridgehead atoms. The largest absolute Gasteiger partial charge is 0.462 e. The molecule has 1 aromatic carbocycles. The molecule has 5 nitrogen and oxygen atoms in total. The highest BCUT2D eigenvalue weighted by molar-refractivity contribution is 5.95. The third-order valence-corrected chi connectivity index (χ3v) is 3.22. The van der Waals surface area contributed by atoms with Crippen LogP contribution in [-0.4, -0.2) is 24.5 Å². The van der Waals surface area contributed by atoms with E-state index >= 15 is 0 Å². The average molecular weight is 278 g/mol. The molecule has 3 N–H and O–H groups in total. The van der Waals surface area contributed by atoms with Gasteiger partial charge in [0.05, 0.1) is 18.2 Å². The van der Waals surface area contributed by atoms with E-state index in [1.165, 1.54) is 0 Å². The summed E-state index contributed by atoms with van der Waals surface area (Å²) in [5.41, 5.74) is 6.92. The van der Waals surface area contributed by atoms with Crippen LogP contribution in [0.15, 0.2) is 24.3 Å². The second kappa shape index (κ2) is 7.65. The minimum atomic E-state index is -0.537. The lowest BCUT2D eigenvalue weighted by atomic mass is 9.99. The number of hydrogen-bond donors (Lipinski definition) is 2. The normalized spacial score (nSPS) is 13.4. The van der Waals surface area contributed by atoms with Crippen LogP contribution >= 0.6 is 0 Å². The molecule has 0 saturated carbocycles. The van der Waals surface area contributed by atoms with Crippen molar-refractivity contribution in [2.75, 3.05) is 11.9 Å². The third kappa shape index (κ3) is 4.35. The van der Waals surface area contributed by atoms with Crippen molar-refractivity contribution in [2.24, 2.45) is 11.7 Å². The van der Waals surface area contributed by atoms with Crippen LogP contribution in [0.5, 0.6) is 0 Å². The zero-order valence-corrected chi connectivity index (χ0v) is 12.2. The van der Waals surface area contributed by atoms with Gasteiger partial charge in [-0.2, -0.15) is 0 Å². The van der Waals surface area contributed by atoms with Gasteiger partial charge in [-0.25, -0.2) is 4.79 Å². The lowest BCUT2D eigenvalue weighted by Crippen LogP contribution is -2.40. The van der Waals surface area contributed by atoms with Gasteiger partial charge in [0, 0.05) is 5.69 Å². The maximum atomic E-state index is 11.9. The number of hydrogen-bond acceptors (Lipinski definition) is 4. The van der Waals surface area contributed by atoms with E-state index in [2.05, 4.69) is 5.32 Å². The van der Waals surface area contributed by atoms with Gasteiger partial charge in [-0.3, -0.25) is 4.79 Å². The molecular formula is C15H22N2O3.